The summed E-state index contributed by atoms with van der Waals surface area (Å²) in [5.74, 6) is -1.50. The summed E-state index contributed by atoms with van der Waals surface area (Å²) in [4.78, 5) is 12.1. The lowest BCUT2D eigenvalue weighted by atomic mass is 9.94. The summed E-state index contributed by atoms with van der Waals surface area (Å²) < 4.78 is 44.1. The molecule has 2 aromatic rings. The zero-order valence-electron chi connectivity index (χ0n) is 21.7. The highest BCUT2D eigenvalue weighted by Gasteiger charge is 2.36. The van der Waals surface area contributed by atoms with Crippen LogP contribution < -0.4 is 10.1 Å². The molecule has 1 unspecified atom stereocenters. The fourth-order valence-electron chi connectivity index (χ4n) is 4.45. The SMILES string of the molecule is CCCN1NC(C(C)C)C(C(=O)O)=C1Cc1ccc(-c2ccccc2S(=O)(=O)NC(C)(C)C)c(F)c1. The second-order valence-electron chi connectivity index (χ2n) is 10.5. The van der Waals surface area contributed by atoms with Gasteiger partial charge in [-0.15, -0.1) is 0 Å². The summed E-state index contributed by atoms with van der Waals surface area (Å²) >= 11 is 0. The number of allylic oxidation sites excluding steroid dienone is 1. The van der Waals surface area contributed by atoms with Gasteiger partial charge < -0.3 is 10.1 Å². The molecule has 2 aromatic carbocycles. The third kappa shape index (κ3) is 6.14. The maximum absolute atomic E-state index is 15.4. The first-order chi connectivity index (χ1) is 16.7. The highest BCUT2D eigenvalue weighted by molar-refractivity contribution is 7.89. The van der Waals surface area contributed by atoms with Gasteiger partial charge in [0.15, 0.2) is 0 Å². The fraction of sp³-hybridized carbons (Fsp3) is 0.444. The predicted molar refractivity (Wildman–Crippen MR) is 139 cm³/mol. The number of nitrogens with one attached hydrogen (secondary N) is 2. The van der Waals surface area contributed by atoms with E-state index in [4.69, 9.17) is 0 Å². The summed E-state index contributed by atoms with van der Waals surface area (Å²) in [6.07, 6.45) is 1.05. The van der Waals surface area contributed by atoms with Crippen molar-refractivity contribution in [2.75, 3.05) is 6.54 Å². The lowest BCUT2D eigenvalue weighted by molar-refractivity contribution is -0.133. The van der Waals surface area contributed by atoms with E-state index in [9.17, 15) is 18.3 Å². The summed E-state index contributed by atoms with van der Waals surface area (Å²) in [6, 6.07) is 10.6. The lowest BCUT2D eigenvalue weighted by Gasteiger charge is -2.24. The maximum atomic E-state index is 15.4. The van der Waals surface area contributed by atoms with Gasteiger partial charge in [0.2, 0.25) is 10.0 Å². The van der Waals surface area contributed by atoms with Gasteiger partial charge in [-0.3, -0.25) is 0 Å². The van der Waals surface area contributed by atoms with Crippen molar-refractivity contribution in [3.8, 4) is 11.1 Å². The Hall–Kier alpha value is -2.75. The van der Waals surface area contributed by atoms with Crippen LogP contribution in [0.1, 0.15) is 53.5 Å². The van der Waals surface area contributed by atoms with Crippen LogP contribution in [0.4, 0.5) is 4.39 Å². The van der Waals surface area contributed by atoms with E-state index in [0.29, 0.717) is 23.4 Å². The van der Waals surface area contributed by atoms with Crippen molar-refractivity contribution in [2.24, 2.45) is 5.92 Å². The quantitative estimate of drug-likeness (QED) is 0.446. The van der Waals surface area contributed by atoms with Crippen molar-refractivity contribution in [1.82, 2.24) is 15.2 Å². The van der Waals surface area contributed by atoms with Crippen molar-refractivity contribution in [2.45, 2.75) is 70.9 Å². The fourth-order valence-corrected chi connectivity index (χ4v) is 6.09. The predicted octanol–water partition coefficient (Wildman–Crippen LogP) is 4.71. The zero-order chi connectivity index (χ0) is 26.8. The molecule has 0 fully saturated rings. The van der Waals surface area contributed by atoms with Gasteiger partial charge in [0.1, 0.15) is 5.82 Å². The Kier molecular flexibility index (Phi) is 8.27. The third-order valence-electron chi connectivity index (χ3n) is 5.90. The lowest BCUT2D eigenvalue weighted by Crippen LogP contribution is -2.41. The first kappa shape index (κ1) is 27.8. The molecule has 0 spiro atoms. The van der Waals surface area contributed by atoms with Gasteiger partial charge in [0.05, 0.1) is 16.5 Å². The van der Waals surface area contributed by atoms with Crippen LogP contribution in [0.2, 0.25) is 0 Å². The Labute approximate surface area is 213 Å². The van der Waals surface area contributed by atoms with Crippen molar-refractivity contribution < 1.29 is 22.7 Å². The van der Waals surface area contributed by atoms with E-state index < -0.39 is 27.3 Å². The largest absolute Gasteiger partial charge is 0.478 e. The Morgan fingerprint density at radius 1 is 1.17 bits per heavy atom. The van der Waals surface area contributed by atoms with E-state index in [1.165, 1.54) is 12.1 Å². The smallest absolute Gasteiger partial charge is 0.335 e. The minimum Gasteiger partial charge on any atom is -0.478 e. The van der Waals surface area contributed by atoms with E-state index in [1.807, 2.05) is 25.8 Å². The van der Waals surface area contributed by atoms with Crippen LogP contribution in [0.5, 0.6) is 0 Å². The van der Waals surface area contributed by atoms with Gasteiger partial charge in [-0.25, -0.2) is 27.8 Å². The molecule has 0 saturated heterocycles. The van der Waals surface area contributed by atoms with Crippen LogP contribution in [0.25, 0.3) is 11.1 Å². The monoisotopic (exact) mass is 517 g/mol. The van der Waals surface area contributed by atoms with E-state index in [-0.39, 0.29) is 34.4 Å². The summed E-state index contributed by atoms with van der Waals surface area (Å²) in [5, 5.41) is 11.8. The molecule has 0 saturated carbocycles. The molecule has 1 heterocycles. The number of sulfonamides is 1. The van der Waals surface area contributed by atoms with E-state index in [1.54, 1.807) is 51.1 Å². The van der Waals surface area contributed by atoms with Crippen molar-refractivity contribution in [3.63, 3.8) is 0 Å². The number of nitrogens with zero attached hydrogens (tertiary/aromatic N) is 1. The number of benzene rings is 2. The summed E-state index contributed by atoms with van der Waals surface area (Å²) in [6.45, 7) is 11.8. The Balaban J connectivity index is 2.02. The standard InChI is InChI=1S/C27H36FN3O4S/c1-7-14-31-22(24(26(32)33)25(29-31)17(2)3)16-18-12-13-19(21(28)15-18)20-10-8-9-11-23(20)36(34,35)30-27(4,5)6/h8-13,15,17,25,29-30H,7,14,16H2,1-6H3,(H,32,33). The summed E-state index contributed by atoms with van der Waals surface area (Å²) in [7, 11) is -3.89. The molecule has 9 heteroatoms. The van der Waals surface area contributed by atoms with Gasteiger partial charge in [-0.1, -0.05) is 51.1 Å². The van der Waals surface area contributed by atoms with E-state index in [0.717, 1.165) is 6.42 Å². The van der Waals surface area contributed by atoms with Crippen LogP contribution >= 0.6 is 0 Å². The number of carboxylic acid groups (broad SMARTS) is 1. The average molecular weight is 518 g/mol. The van der Waals surface area contributed by atoms with Crippen LogP contribution in [0.15, 0.2) is 58.6 Å². The number of carbonyl (C=O) groups is 1. The van der Waals surface area contributed by atoms with E-state index in [2.05, 4.69) is 10.1 Å². The molecule has 1 aliphatic rings. The Bertz CT molecular complexity index is 1270. The molecule has 3 N–H and O–H groups in total. The second kappa shape index (κ2) is 10.7. The van der Waals surface area contributed by atoms with Crippen LogP contribution in [-0.2, 0) is 21.2 Å². The van der Waals surface area contributed by atoms with Crippen molar-refractivity contribution >= 4 is 16.0 Å². The topological polar surface area (TPSA) is 98.7 Å². The third-order valence-corrected chi connectivity index (χ3v) is 7.72. The van der Waals surface area contributed by atoms with Gasteiger partial charge in [-0.05, 0) is 50.8 Å². The Morgan fingerprint density at radius 3 is 2.39 bits per heavy atom. The van der Waals surface area contributed by atoms with Crippen molar-refractivity contribution in [1.29, 1.82) is 0 Å². The second-order valence-corrected chi connectivity index (χ2v) is 12.2. The van der Waals surface area contributed by atoms with Gasteiger partial charge in [0, 0.05) is 35.3 Å². The Morgan fingerprint density at radius 2 is 1.83 bits per heavy atom. The zero-order valence-corrected chi connectivity index (χ0v) is 22.5. The number of hydrogen-bond acceptors (Lipinski definition) is 5. The molecule has 0 radical (unpaired) electrons. The first-order valence-electron chi connectivity index (χ1n) is 12.2. The molecule has 1 atom stereocenters. The molecule has 3 rings (SSSR count). The number of hydrogen-bond donors (Lipinski definition) is 3. The normalized spacial score (nSPS) is 16.8. The van der Waals surface area contributed by atoms with Gasteiger partial charge in [0.25, 0.3) is 0 Å². The van der Waals surface area contributed by atoms with E-state index >= 15 is 4.39 Å². The molecule has 7 nitrogen and oxygen atoms in total. The summed E-state index contributed by atoms with van der Waals surface area (Å²) in [5.41, 5.74) is 4.55. The molecule has 36 heavy (non-hydrogen) atoms. The average Bonchev–Trinajstić information content (AvgIpc) is 3.11. The molecule has 0 aliphatic carbocycles. The minimum atomic E-state index is -3.89. The number of halogens is 1. The minimum absolute atomic E-state index is 0.00339. The molecular weight excluding hydrogens is 481 g/mol. The molecule has 0 aromatic heterocycles. The molecule has 196 valence electrons. The molecule has 0 amide bonds. The van der Waals surface area contributed by atoms with Crippen LogP contribution in [0, 0.1) is 11.7 Å². The highest BCUT2D eigenvalue weighted by atomic mass is 32.2. The van der Waals surface area contributed by atoms with Gasteiger partial charge >= 0.3 is 5.97 Å². The molecular formula is C27H36FN3O4S. The van der Waals surface area contributed by atoms with Gasteiger partial charge in [-0.2, -0.15) is 0 Å². The van der Waals surface area contributed by atoms with Crippen LogP contribution in [-0.4, -0.2) is 42.6 Å². The highest BCUT2D eigenvalue weighted by Crippen LogP contribution is 2.33. The molecule has 0 bridgehead atoms. The number of carboxylic acids is 1. The number of rotatable bonds is 9. The number of hydrazine groups is 1. The first-order valence-corrected chi connectivity index (χ1v) is 13.6. The number of aliphatic carboxylic acids is 1. The molecule has 1 aliphatic heterocycles. The van der Waals surface area contributed by atoms with Crippen LogP contribution in [0.3, 0.4) is 0 Å². The maximum Gasteiger partial charge on any atom is 0.335 e. The van der Waals surface area contributed by atoms with Crippen molar-refractivity contribution in [3.05, 3.63) is 65.1 Å².